The lowest BCUT2D eigenvalue weighted by Crippen LogP contribution is -2.03. The highest BCUT2D eigenvalue weighted by atomic mass is 19.3. The molecule has 4 nitrogen and oxygen atoms in total. The molecule has 3 heterocycles. The summed E-state index contributed by atoms with van der Waals surface area (Å²) in [5, 5.41) is 4.71. The molecule has 32 heavy (non-hydrogen) atoms. The van der Waals surface area contributed by atoms with E-state index in [-0.39, 0.29) is 11.6 Å². The number of aryl methyl sites for hydroxylation is 2. The molecular formula is C26H21F2N3O. The predicted molar refractivity (Wildman–Crippen MR) is 120 cm³/mol. The fraction of sp³-hybridized carbons (Fsp3) is 0.154. The zero-order chi connectivity index (χ0) is 22.2. The average molecular weight is 429 g/mol. The molecule has 0 aliphatic rings. The fourth-order valence-corrected chi connectivity index (χ4v) is 4.41. The largest absolute Gasteiger partial charge is 0.361 e. The van der Waals surface area contributed by atoms with Crippen molar-refractivity contribution < 1.29 is 13.3 Å². The maximum Gasteiger partial charge on any atom is 0.320 e. The maximum atomic E-state index is 14.0. The van der Waals surface area contributed by atoms with Crippen molar-refractivity contribution in [3.8, 4) is 11.1 Å². The van der Waals surface area contributed by atoms with Crippen molar-refractivity contribution >= 4 is 11.0 Å². The second kappa shape index (κ2) is 8.04. The molecule has 0 aliphatic heterocycles. The summed E-state index contributed by atoms with van der Waals surface area (Å²) in [5.41, 5.74) is 5.44. The van der Waals surface area contributed by atoms with Crippen LogP contribution in [-0.2, 0) is 0 Å². The second-order valence-electron chi connectivity index (χ2n) is 7.82. The fourth-order valence-electron chi connectivity index (χ4n) is 4.41. The number of benzene rings is 2. The van der Waals surface area contributed by atoms with E-state index >= 15 is 0 Å². The SMILES string of the molecule is Cc1noc(C)c1-c1cnc2c(c1)c(C(c1ccccc1)c1ccccc1)cn2C(F)F. The number of halogens is 2. The van der Waals surface area contributed by atoms with Gasteiger partial charge in [-0.3, -0.25) is 4.57 Å². The van der Waals surface area contributed by atoms with Crippen LogP contribution in [0.5, 0.6) is 0 Å². The zero-order valence-corrected chi connectivity index (χ0v) is 17.7. The zero-order valence-electron chi connectivity index (χ0n) is 17.7. The van der Waals surface area contributed by atoms with Crippen LogP contribution < -0.4 is 0 Å². The molecule has 160 valence electrons. The van der Waals surface area contributed by atoms with Crippen LogP contribution in [0.4, 0.5) is 8.78 Å². The van der Waals surface area contributed by atoms with Crippen LogP contribution in [0.25, 0.3) is 22.2 Å². The number of pyridine rings is 1. The number of rotatable bonds is 5. The summed E-state index contributed by atoms with van der Waals surface area (Å²) in [5.74, 6) is 0.447. The van der Waals surface area contributed by atoms with Crippen LogP contribution in [0.2, 0.25) is 0 Å². The Labute approximate surface area is 184 Å². The minimum Gasteiger partial charge on any atom is -0.361 e. The van der Waals surface area contributed by atoms with Gasteiger partial charge < -0.3 is 4.52 Å². The van der Waals surface area contributed by atoms with Gasteiger partial charge in [0.2, 0.25) is 0 Å². The monoisotopic (exact) mass is 429 g/mol. The predicted octanol–water partition coefficient (Wildman–Crippen LogP) is 6.88. The Morgan fingerprint density at radius 3 is 2.06 bits per heavy atom. The number of aromatic nitrogens is 3. The summed E-state index contributed by atoms with van der Waals surface area (Å²) >= 11 is 0. The highest BCUT2D eigenvalue weighted by Crippen LogP contribution is 2.39. The molecule has 0 saturated carbocycles. The molecule has 0 N–H and O–H groups in total. The normalized spacial score (nSPS) is 11.7. The highest BCUT2D eigenvalue weighted by Gasteiger charge is 2.25. The first-order valence-corrected chi connectivity index (χ1v) is 10.4. The van der Waals surface area contributed by atoms with E-state index in [9.17, 15) is 8.78 Å². The third kappa shape index (κ3) is 3.38. The Morgan fingerprint density at radius 1 is 0.906 bits per heavy atom. The van der Waals surface area contributed by atoms with Gasteiger partial charge in [0, 0.05) is 34.8 Å². The molecule has 2 aromatic carbocycles. The lowest BCUT2D eigenvalue weighted by molar-refractivity contribution is 0.0745. The van der Waals surface area contributed by atoms with Gasteiger partial charge in [-0.25, -0.2) is 4.98 Å². The highest BCUT2D eigenvalue weighted by molar-refractivity contribution is 5.87. The number of hydrogen-bond donors (Lipinski definition) is 0. The maximum absolute atomic E-state index is 14.0. The van der Waals surface area contributed by atoms with Crippen molar-refractivity contribution in [2.45, 2.75) is 26.3 Å². The Bertz CT molecular complexity index is 1320. The summed E-state index contributed by atoms with van der Waals surface area (Å²) in [6.45, 7) is 0.996. The number of alkyl halides is 2. The molecule has 0 saturated heterocycles. The second-order valence-corrected chi connectivity index (χ2v) is 7.82. The molecule has 0 fully saturated rings. The van der Waals surface area contributed by atoms with Crippen LogP contribution >= 0.6 is 0 Å². The minimum absolute atomic E-state index is 0.221. The lowest BCUT2D eigenvalue weighted by Gasteiger charge is -2.18. The first kappa shape index (κ1) is 20.1. The molecule has 3 aromatic heterocycles. The smallest absolute Gasteiger partial charge is 0.320 e. The number of hydrogen-bond acceptors (Lipinski definition) is 3. The Morgan fingerprint density at radius 2 is 1.53 bits per heavy atom. The summed E-state index contributed by atoms with van der Waals surface area (Å²) in [6, 6.07) is 21.8. The van der Waals surface area contributed by atoms with E-state index in [1.165, 1.54) is 6.20 Å². The van der Waals surface area contributed by atoms with Crippen LogP contribution in [0.15, 0.2) is 83.6 Å². The Kier molecular flexibility index (Phi) is 5.05. The van der Waals surface area contributed by atoms with Gasteiger partial charge in [0.1, 0.15) is 11.4 Å². The van der Waals surface area contributed by atoms with Gasteiger partial charge in [0.15, 0.2) is 0 Å². The van der Waals surface area contributed by atoms with Gasteiger partial charge >= 0.3 is 6.55 Å². The standard InChI is InChI=1S/C26H21F2N3O/c1-16-23(17(2)32-30-16)20-13-21-22(15-31(26(27)28)25(21)29-14-20)24(18-9-5-3-6-10-18)19-11-7-4-8-12-19/h3-15,24,26H,1-2H3. The average Bonchev–Trinajstić information content (AvgIpc) is 3.35. The summed E-state index contributed by atoms with van der Waals surface area (Å²) in [6.07, 6.45) is 3.14. The molecule has 0 unspecified atom stereocenters. The molecule has 0 atom stereocenters. The molecule has 0 radical (unpaired) electrons. The van der Waals surface area contributed by atoms with Gasteiger partial charge in [0.05, 0.1) is 5.69 Å². The van der Waals surface area contributed by atoms with E-state index in [0.29, 0.717) is 11.1 Å². The van der Waals surface area contributed by atoms with E-state index < -0.39 is 6.55 Å². The molecule has 5 aromatic rings. The van der Waals surface area contributed by atoms with E-state index in [1.807, 2.05) is 80.6 Å². The van der Waals surface area contributed by atoms with E-state index in [2.05, 4.69) is 10.1 Å². The van der Waals surface area contributed by atoms with E-state index in [4.69, 9.17) is 4.52 Å². The van der Waals surface area contributed by atoms with Crippen molar-refractivity contribution in [1.29, 1.82) is 0 Å². The molecule has 0 spiro atoms. The third-order valence-corrected chi connectivity index (χ3v) is 5.81. The molecular weight excluding hydrogens is 408 g/mol. The van der Waals surface area contributed by atoms with Gasteiger partial charge in [-0.1, -0.05) is 65.8 Å². The van der Waals surface area contributed by atoms with Crippen LogP contribution in [0.3, 0.4) is 0 Å². The van der Waals surface area contributed by atoms with Gasteiger partial charge in [-0.2, -0.15) is 8.78 Å². The van der Waals surface area contributed by atoms with Crippen molar-refractivity contribution in [2.75, 3.05) is 0 Å². The van der Waals surface area contributed by atoms with E-state index in [0.717, 1.165) is 38.1 Å². The van der Waals surface area contributed by atoms with Crippen molar-refractivity contribution in [2.24, 2.45) is 0 Å². The van der Waals surface area contributed by atoms with Gasteiger partial charge in [0.25, 0.3) is 0 Å². The Hall–Kier alpha value is -3.80. The first-order valence-electron chi connectivity index (χ1n) is 10.4. The van der Waals surface area contributed by atoms with Crippen LogP contribution in [0.1, 0.15) is 40.6 Å². The van der Waals surface area contributed by atoms with E-state index in [1.54, 1.807) is 6.20 Å². The summed E-state index contributed by atoms with van der Waals surface area (Å²) in [7, 11) is 0. The first-order chi connectivity index (χ1) is 15.5. The summed E-state index contributed by atoms with van der Waals surface area (Å²) in [4.78, 5) is 4.44. The summed E-state index contributed by atoms with van der Waals surface area (Å²) < 4.78 is 34.2. The molecule has 6 heteroatoms. The molecule has 0 aliphatic carbocycles. The lowest BCUT2D eigenvalue weighted by atomic mass is 9.85. The topological polar surface area (TPSA) is 43.9 Å². The van der Waals surface area contributed by atoms with Crippen molar-refractivity contribution in [1.82, 2.24) is 14.7 Å². The third-order valence-electron chi connectivity index (χ3n) is 5.81. The Balaban J connectivity index is 1.80. The molecule has 0 amide bonds. The molecule has 0 bridgehead atoms. The quantitative estimate of drug-likeness (QED) is 0.306. The van der Waals surface area contributed by atoms with Gasteiger partial charge in [-0.05, 0) is 36.6 Å². The minimum atomic E-state index is -2.70. The number of nitrogens with zero attached hydrogens (tertiary/aromatic N) is 3. The molecule has 5 rings (SSSR count). The van der Waals surface area contributed by atoms with Crippen molar-refractivity contribution in [3.63, 3.8) is 0 Å². The van der Waals surface area contributed by atoms with Crippen LogP contribution in [0, 0.1) is 13.8 Å². The van der Waals surface area contributed by atoms with Gasteiger partial charge in [-0.15, -0.1) is 0 Å². The number of fused-ring (bicyclic) bond motifs is 1. The van der Waals surface area contributed by atoms with Crippen LogP contribution in [-0.4, -0.2) is 14.7 Å². The van der Waals surface area contributed by atoms with Crippen molar-refractivity contribution in [3.05, 3.63) is 107 Å².